The first-order valence-corrected chi connectivity index (χ1v) is 6.16. The lowest BCUT2D eigenvalue weighted by Gasteiger charge is -2.21. The van der Waals surface area contributed by atoms with Gasteiger partial charge in [0.15, 0.2) is 0 Å². The molecular weight excluding hydrogens is 259 g/mol. The molecule has 0 saturated heterocycles. The second-order valence-corrected chi connectivity index (χ2v) is 4.71. The molecule has 2 N–H and O–H groups in total. The van der Waals surface area contributed by atoms with Crippen molar-refractivity contribution >= 4 is 29.1 Å². The van der Waals surface area contributed by atoms with E-state index < -0.39 is 6.04 Å². The number of benzene rings is 1. The molecule has 1 amide bonds. The van der Waals surface area contributed by atoms with Crippen molar-refractivity contribution in [2.24, 2.45) is 5.73 Å². The Labute approximate surface area is 111 Å². The number of halogens is 2. The van der Waals surface area contributed by atoms with E-state index in [0.717, 1.165) is 5.56 Å². The highest BCUT2D eigenvalue weighted by Gasteiger charge is 2.17. The molecule has 17 heavy (non-hydrogen) atoms. The fourth-order valence-corrected chi connectivity index (χ4v) is 1.84. The van der Waals surface area contributed by atoms with Crippen LogP contribution in [0, 0.1) is 0 Å². The standard InChI is InChI=1S/C12H16Cl2N2O/c1-3-10(15)12(17)16(2)7-8-5-4-6-9(13)11(8)14/h4-6,10H,3,7,15H2,1-2H3. The highest BCUT2D eigenvalue weighted by molar-refractivity contribution is 6.42. The van der Waals surface area contributed by atoms with Crippen LogP contribution in [0.25, 0.3) is 0 Å². The van der Waals surface area contributed by atoms with Crippen LogP contribution >= 0.6 is 23.2 Å². The van der Waals surface area contributed by atoms with E-state index in [0.29, 0.717) is 23.0 Å². The Hall–Kier alpha value is -0.770. The number of nitrogens with two attached hydrogens (primary N) is 1. The van der Waals surface area contributed by atoms with E-state index in [2.05, 4.69) is 0 Å². The molecule has 1 unspecified atom stereocenters. The van der Waals surface area contributed by atoms with Gasteiger partial charge in [0, 0.05) is 13.6 Å². The normalized spacial score (nSPS) is 12.3. The third-order valence-electron chi connectivity index (χ3n) is 2.57. The third kappa shape index (κ3) is 3.60. The number of nitrogens with zero attached hydrogens (tertiary/aromatic N) is 1. The Kier molecular flexibility index (Phi) is 5.25. The van der Waals surface area contributed by atoms with Gasteiger partial charge in [-0.3, -0.25) is 4.79 Å². The molecule has 94 valence electrons. The Balaban J connectivity index is 2.78. The molecule has 0 bridgehead atoms. The van der Waals surface area contributed by atoms with Crippen molar-refractivity contribution in [3.63, 3.8) is 0 Å². The van der Waals surface area contributed by atoms with E-state index >= 15 is 0 Å². The number of likely N-dealkylation sites (N-methyl/N-ethyl adjacent to an activating group) is 1. The molecular formula is C12H16Cl2N2O. The maximum absolute atomic E-state index is 11.8. The monoisotopic (exact) mass is 274 g/mol. The largest absolute Gasteiger partial charge is 0.340 e. The minimum atomic E-state index is -0.460. The Morgan fingerprint density at radius 3 is 2.71 bits per heavy atom. The summed E-state index contributed by atoms with van der Waals surface area (Å²) in [7, 11) is 1.70. The molecule has 1 atom stereocenters. The van der Waals surface area contributed by atoms with Gasteiger partial charge in [-0.2, -0.15) is 0 Å². The summed E-state index contributed by atoms with van der Waals surface area (Å²) in [4.78, 5) is 13.4. The third-order valence-corrected chi connectivity index (χ3v) is 3.43. The first kappa shape index (κ1) is 14.3. The average Bonchev–Trinajstić information content (AvgIpc) is 2.32. The molecule has 0 aliphatic rings. The summed E-state index contributed by atoms with van der Waals surface area (Å²) in [6.07, 6.45) is 0.618. The average molecular weight is 275 g/mol. The molecule has 1 aromatic rings. The van der Waals surface area contributed by atoms with Crippen LogP contribution in [-0.4, -0.2) is 23.9 Å². The van der Waals surface area contributed by atoms with Gasteiger partial charge in [-0.25, -0.2) is 0 Å². The Bertz CT molecular complexity index is 409. The van der Waals surface area contributed by atoms with Gasteiger partial charge in [-0.15, -0.1) is 0 Å². The second kappa shape index (κ2) is 6.24. The lowest BCUT2D eigenvalue weighted by atomic mass is 10.1. The molecule has 0 saturated carbocycles. The van der Waals surface area contributed by atoms with E-state index in [1.54, 1.807) is 18.0 Å². The minimum absolute atomic E-state index is 0.0939. The van der Waals surface area contributed by atoms with Crippen LogP contribution in [0.5, 0.6) is 0 Å². The summed E-state index contributed by atoms with van der Waals surface area (Å²) in [5.41, 5.74) is 6.51. The van der Waals surface area contributed by atoms with Crippen LogP contribution in [0.1, 0.15) is 18.9 Å². The Morgan fingerprint density at radius 1 is 1.47 bits per heavy atom. The first-order chi connectivity index (χ1) is 7.97. The van der Waals surface area contributed by atoms with Crippen LogP contribution in [-0.2, 0) is 11.3 Å². The summed E-state index contributed by atoms with van der Waals surface area (Å²) in [6, 6.07) is 4.90. The van der Waals surface area contributed by atoms with E-state index in [9.17, 15) is 4.79 Å². The number of amides is 1. The molecule has 3 nitrogen and oxygen atoms in total. The van der Waals surface area contributed by atoms with Gasteiger partial charge in [0.25, 0.3) is 0 Å². The van der Waals surface area contributed by atoms with Crippen molar-refractivity contribution in [2.75, 3.05) is 7.05 Å². The molecule has 0 aliphatic carbocycles. The highest BCUT2D eigenvalue weighted by atomic mass is 35.5. The van der Waals surface area contributed by atoms with Crippen molar-refractivity contribution in [3.05, 3.63) is 33.8 Å². The zero-order chi connectivity index (χ0) is 13.0. The SMILES string of the molecule is CCC(N)C(=O)N(C)Cc1cccc(Cl)c1Cl. The number of rotatable bonds is 4. The van der Waals surface area contributed by atoms with Crippen molar-refractivity contribution in [1.82, 2.24) is 4.90 Å². The number of hydrogen-bond acceptors (Lipinski definition) is 2. The fourth-order valence-electron chi connectivity index (χ4n) is 1.46. The first-order valence-electron chi connectivity index (χ1n) is 5.40. The quantitative estimate of drug-likeness (QED) is 0.918. The molecule has 0 spiro atoms. The fraction of sp³-hybridized carbons (Fsp3) is 0.417. The van der Waals surface area contributed by atoms with E-state index in [1.807, 2.05) is 19.1 Å². The van der Waals surface area contributed by atoms with Crippen molar-refractivity contribution in [1.29, 1.82) is 0 Å². The molecule has 0 aliphatic heterocycles. The van der Waals surface area contributed by atoms with Gasteiger partial charge < -0.3 is 10.6 Å². The van der Waals surface area contributed by atoms with Gasteiger partial charge in [0.2, 0.25) is 5.91 Å². The lowest BCUT2D eigenvalue weighted by Crippen LogP contribution is -2.40. The maximum Gasteiger partial charge on any atom is 0.239 e. The molecule has 0 heterocycles. The van der Waals surface area contributed by atoms with Crippen molar-refractivity contribution in [3.8, 4) is 0 Å². The zero-order valence-electron chi connectivity index (χ0n) is 9.91. The Morgan fingerprint density at radius 2 is 2.12 bits per heavy atom. The van der Waals surface area contributed by atoms with E-state index in [4.69, 9.17) is 28.9 Å². The number of carbonyl (C=O) groups is 1. The van der Waals surface area contributed by atoms with Crippen molar-refractivity contribution < 1.29 is 4.79 Å². The summed E-state index contributed by atoms with van der Waals surface area (Å²) in [5, 5.41) is 0.976. The molecule has 0 radical (unpaired) electrons. The molecule has 1 aromatic carbocycles. The second-order valence-electron chi connectivity index (χ2n) is 3.92. The van der Waals surface area contributed by atoms with E-state index in [-0.39, 0.29) is 5.91 Å². The highest BCUT2D eigenvalue weighted by Crippen LogP contribution is 2.26. The van der Waals surface area contributed by atoms with Crippen LogP contribution in [0.15, 0.2) is 18.2 Å². The lowest BCUT2D eigenvalue weighted by molar-refractivity contribution is -0.131. The maximum atomic E-state index is 11.8. The summed E-state index contributed by atoms with van der Waals surface area (Å²) in [5.74, 6) is -0.0939. The van der Waals surface area contributed by atoms with Gasteiger partial charge in [0.1, 0.15) is 0 Å². The smallest absolute Gasteiger partial charge is 0.239 e. The predicted molar refractivity (Wildman–Crippen MR) is 71.2 cm³/mol. The number of carbonyl (C=O) groups excluding carboxylic acids is 1. The topological polar surface area (TPSA) is 46.3 Å². The molecule has 5 heteroatoms. The van der Waals surface area contributed by atoms with Crippen LogP contribution in [0.2, 0.25) is 10.0 Å². The minimum Gasteiger partial charge on any atom is -0.340 e. The van der Waals surface area contributed by atoms with Gasteiger partial charge >= 0.3 is 0 Å². The number of hydrogen-bond donors (Lipinski definition) is 1. The van der Waals surface area contributed by atoms with Crippen molar-refractivity contribution in [2.45, 2.75) is 25.9 Å². The van der Waals surface area contributed by atoms with Gasteiger partial charge in [-0.1, -0.05) is 42.3 Å². The van der Waals surface area contributed by atoms with Crippen LogP contribution in [0.4, 0.5) is 0 Å². The molecule has 0 aromatic heterocycles. The van der Waals surface area contributed by atoms with E-state index in [1.165, 1.54) is 0 Å². The summed E-state index contributed by atoms with van der Waals surface area (Å²) >= 11 is 12.0. The molecule has 0 fully saturated rings. The van der Waals surface area contributed by atoms with Gasteiger partial charge in [0.05, 0.1) is 16.1 Å². The summed E-state index contributed by atoms with van der Waals surface area (Å²) < 4.78 is 0. The summed E-state index contributed by atoms with van der Waals surface area (Å²) in [6.45, 7) is 2.29. The van der Waals surface area contributed by atoms with Gasteiger partial charge in [-0.05, 0) is 18.1 Å². The van der Waals surface area contributed by atoms with Crippen LogP contribution in [0.3, 0.4) is 0 Å². The zero-order valence-corrected chi connectivity index (χ0v) is 11.4. The van der Waals surface area contributed by atoms with Crippen LogP contribution < -0.4 is 5.73 Å². The molecule has 1 rings (SSSR count). The predicted octanol–water partition coefficient (Wildman–Crippen LogP) is 2.69.